The predicted octanol–water partition coefficient (Wildman–Crippen LogP) is -1.06. The molecule has 84 valence electrons. The van der Waals surface area contributed by atoms with Crippen molar-refractivity contribution in [2.75, 3.05) is 39.0 Å². The minimum absolute atomic E-state index is 0.00491. The molecule has 0 aromatic rings. The lowest BCUT2D eigenvalue weighted by atomic mass is 10.2. The van der Waals surface area contributed by atoms with Crippen molar-refractivity contribution in [2.24, 2.45) is 0 Å². The highest BCUT2D eigenvalue weighted by Crippen LogP contribution is 2.13. The van der Waals surface area contributed by atoms with Crippen LogP contribution in [0, 0.1) is 0 Å². The van der Waals surface area contributed by atoms with E-state index in [0.29, 0.717) is 6.54 Å². The van der Waals surface area contributed by atoms with Crippen molar-refractivity contribution < 1.29 is 13.5 Å². The predicted molar refractivity (Wildman–Crippen MR) is 54.5 cm³/mol. The zero-order valence-electron chi connectivity index (χ0n) is 8.68. The first kappa shape index (κ1) is 11.9. The van der Waals surface area contributed by atoms with E-state index in [1.54, 1.807) is 0 Å². The lowest BCUT2D eigenvalue weighted by Crippen LogP contribution is -2.53. The van der Waals surface area contributed by atoms with Gasteiger partial charge in [-0.25, -0.2) is 8.42 Å². The van der Waals surface area contributed by atoms with Crippen LogP contribution in [0.2, 0.25) is 0 Å². The van der Waals surface area contributed by atoms with Gasteiger partial charge in [0.2, 0.25) is 10.0 Å². The number of piperazine rings is 1. The largest absolute Gasteiger partial charge is 0.395 e. The molecule has 1 unspecified atom stereocenters. The number of aliphatic hydroxyl groups excluding tert-OH is 1. The van der Waals surface area contributed by atoms with Crippen molar-refractivity contribution in [1.82, 2.24) is 9.21 Å². The lowest BCUT2D eigenvalue weighted by Gasteiger charge is -2.37. The van der Waals surface area contributed by atoms with E-state index in [1.165, 1.54) is 4.31 Å². The summed E-state index contributed by atoms with van der Waals surface area (Å²) in [4.78, 5) is 2.11. The molecule has 1 atom stereocenters. The highest BCUT2D eigenvalue weighted by atomic mass is 32.2. The summed E-state index contributed by atoms with van der Waals surface area (Å²) < 4.78 is 24.8. The van der Waals surface area contributed by atoms with Crippen LogP contribution in [0.4, 0.5) is 0 Å². The van der Waals surface area contributed by atoms with Gasteiger partial charge >= 0.3 is 0 Å². The van der Waals surface area contributed by atoms with E-state index in [0.717, 1.165) is 13.1 Å². The van der Waals surface area contributed by atoms with Crippen molar-refractivity contribution in [3.05, 3.63) is 0 Å². The van der Waals surface area contributed by atoms with Crippen LogP contribution in [0.3, 0.4) is 0 Å². The summed E-state index contributed by atoms with van der Waals surface area (Å²) in [5.41, 5.74) is 0. The summed E-state index contributed by atoms with van der Waals surface area (Å²) >= 11 is 0. The van der Waals surface area contributed by atoms with Crippen molar-refractivity contribution in [3.8, 4) is 0 Å². The van der Waals surface area contributed by atoms with Crippen molar-refractivity contribution in [3.63, 3.8) is 0 Å². The molecule has 5 nitrogen and oxygen atoms in total. The lowest BCUT2D eigenvalue weighted by molar-refractivity contribution is 0.169. The summed E-state index contributed by atoms with van der Waals surface area (Å²) in [6.07, 6.45) is 0. The third-order valence-electron chi connectivity index (χ3n) is 2.48. The SMILES string of the molecule is CC1CN(C)CCN1S(=O)(=O)CCO. The van der Waals surface area contributed by atoms with Gasteiger partial charge in [-0.05, 0) is 14.0 Å². The zero-order chi connectivity index (χ0) is 10.8. The van der Waals surface area contributed by atoms with E-state index >= 15 is 0 Å². The molecule has 1 rings (SSSR count). The van der Waals surface area contributed by atoms with Gasteiger partial charge in [0.25, 0.3) is 0 Å². The monoisotopic (exact) mass is 222 g/mol. The molecule has 0 spiro atoms. The highest BCUT2D eigenvalue weighted by Gasteiger charge is 2.30. The van der Waals surface area contributed by atoms with Gasteiger partial charge in [0.05, 0.1) is 12.4 Å². The van der Waals surface area contributed by atoms with Crippen LogP contribution in [0.5, 0.6) is 0 Å². The summed E-state index contributed by atoms with van der Waals surface area (Å²) in [6.45, 7) is 3.63. The van der Waals surface area contributed by atoms with Crippen LogP contribution in [0.25, 0.3) is 0 Å². The van der Waals surface area contributed by atoms with Crippen LogP contribution >= 0.6 is 0 Å². The molecule has 1 heterocycles. The summed E-state index contributed by atoms with van der Waals surface area (Å²) in [6, 6.07) is 0.00491. The van der Waals surface area contributed by atoms with Crippen LogP contribution in [0.15, 0.2) is 0 Å². The van der Waals surface area contributed by atoms with Crippen molar-refractivity contribution >= 4 is 10.0 Å². The molecule has 0 bridgehead atoms. The second-order valence-corrected chi connectivity index (χ2v) is 5.80. The molecule has 1 aliphatic rings. The van der Waals surface area contributed by atoms with E-state index in [2.05, 4.69) is 4.90 Å². The standard InChI is InChI=1S/C8H18N2O3S/c1-8-7-9(2)3-4-10(8)14(12,13)6-5-11/h8,11H,3-7H2,1-2H3. The Labute approximate surface area is 85.4 Å². The molecule has 0 aromatic heterocycles. The molecule has 1 fully saturated rings. The molecule has 0 aliphatic carbocycles. The first-order valence-corrected chi connectivity index (χ1v) is 6.37. The van der Waals surface area contributed by atoms with Gasteiger partial charge in [0.15, 0.2) is 0 Å². The number of rotatable bonds is 3. The number of sulfonamides is 1. The Balaban J connectivity index is 2.69. The second-order valence-electron chi connectivity index (χ2n) is 3.76. The Morgan fingerprint density at radius 1 is 1.43 bits per heavy atom. The van der Waals surface area contributed by atoms with Gasteiger partial charge in [-0.1, -0.05) is 0 Å². The van der Waals surface area contributed by atoms with E-state index in [-0.39, 0.29) is 18.4 Å². The minimum atomic E-state index is -3.25. The molecule has 1 N–H and O–H groups in total. The molecule has 0 amide bonds. The van der Waals surface area contributed by atoms with E-state index in [9.17, 15) is 8.42 Å². The summed E-state index contributed by atoms with van der Waals surface area (Å²) in [5.74, 6) is -0.166. The molecule has 1 saturated heterocycles. The molecule has 0 aromatic carbocycles. The quantitative estimate of drug-likeness (QED) is 0.661. The first-order valence-electron chi connectivity index (χ1n) is 4.76. The molecule has 6 heteroatoms. The van der Waals surface area contributed by atoms with Gasteiger partial charge in [-0.3, -0.25) is 0 Å². The molecule has 14 heavy (non-hydrogen) atoms. The number of hydrogen-bond donors (Lipinski definition) is 1. The Kier molecular flexibility index (Phi) is 3.88. The van der Waals surface area contributed by atoms with Gasteiger partial charge in [0.1, 0.15) is 0 Å². The Morgan fingerprint density at radius 3 is 2.57 bits per heavy atom. The summed E-state index contributed by atoms with van der Waals surface area (Å²) in [5, 5.41) is 8.65. The fourth-order valence-corrected chi connectivity index (χ4v) is 3.21. The fourth-order valence-electron chi connectivity index (χ4n) is 1.77. The maximum atomic E-state index is 11.7. The third-order valence-corrected chi connectivity index (χ3v) is 4.43. The van der Waals surface area contributed by atoms with Gasteiger partial charge in [-0.2, -0.15) is 4.31 Å². The maximum Gasteiger partial charge on any atom is 0.216 e. The molecular weight excluding hydrogens is 204 g/mol. The average Bonchev–Trinajstić information content (AvgIpc) is 2.02. The Hall–Kier alpha value is -0.170. The van der Waals surface area contributed by atoms with Crippen molar-refractivity contribution in [2.45, 2.75) is 13.0 Å². The molecule has 1 aliphatic heterocycles. The number of likely N-dealkylation sites (N-methyl/N-ethyl adjacent to an activating group) is 1. The van der Waals surface area contributed by atoms with Crippen LogP contribution in [0.1, 0.15) is 6.92 Å². The smallest absolute Gasteiger partial charge is 0.216 e. The molecule has 0 saturated carbocycles. The van der Waals surface area contributed by atoms with Crippen LogP contribution < -0.4 is 0 Å². The van der Waals surface area contributed by atoms with Crippen LogP contribution in [-0.2, 0) is 10.0 Å². The van der Waals surface area contributed by atoms with Crippen molar-refractivity contribution in [1.29, 1.82) is 0 Å². The summed E-state index contributed by atoms with van der Waals surface area (Å²) in [7, 11) is -1.27. The normalized spacial score (nSPS) is 26.6. The minimum Gasteiger partial charge on any atom is -0.395 e. The zero-order valence-corrected chi connectivity index (χ0v) is 9.50. The maximum absolute atomic E-state index is 11.7. The Bertz CT molecular complexity index is 278. The second kappa shape index (κ2) is 4.57. The molecular formula is C8H18N2O3S. The number of aliphatic hydroxyl groups is 1. The Morgan fingerprint density at radius 2 is 2.07 bits per heavy atom. The fraction of sp³-hybridized carbons (Fsp3) is 1.00. The van der Waals surface area contributed by atoms with Crippen LogP contribution in [-0.4, -0.2) is 67.8 Å². The topological polar surface area (TPSA) is 60.9 Å². The van der Waals surface area contributed by atoms with Gasteiger partial charge in [0, 0.05) is 25.7 Å². The van der Waals surface area contributed by atoms with Gasteiger partial charge in [-0.15, -0.1) is 0 Å². The van der Waals surface area contributed by atoms with Gasteiger partial charge < -0.3 is 10.0 Å². The highest BCUT2D eigenvalue weighted by molar-refractivity contribution is 7.89. The molecule has 0 radical (unpaired) electrons. The number of hydrogen-bond acceptors (Lipinski definition) is 4. The number of nitrogens with zero attached hydrogens (tertiary/aromatic N) is 2. The van der Waals surface area contributed by atoms with E-state index in [4.69, 9.17) is 5.11 Å². The first-order chi connectivity index (χ1) is 6.47. The van der Waals surface area contributed by atoms with E-state index < -0.39 is 10.0 Å². The average molecular weight is 222 g/mol. The third kappa shape index (κ3) is 2.66. The van der Waals surface area contributed by atoms with E-state index in [1.807, 2.05) is 14.0 Å².